The minimum Gasteiger partial charge on any atom is -0.331 e. The predicted molar refractivity (Wildman–Crippen MR) is 79.7 cm³/mol. The third-order valence-corrected chi connectivity index (χ3v) is 4.89. The maximum atomic E-state index is 12.0. The summed E-state index contributed by atoms with van der Waals surface area (Å²) in [5, 5.41) is 0.314. The SMILES string of the molecule is CCC(=O)c1cc(C)n2c1CS[C@@H]2c1ccccc1. The molecule has 2 nitrogen and oxygen atoms in total. The van der Waals surface area contributed by atoms with Crippen LogP contribution in [-0.2, 0) is 5.75 Å². The van der Waals surface area contributed by atoms with Crippen molar-refractivity contribution in [2.24, 2.45) is 0 Å². The van der Waals surface area contributed by atoms with Gasteiger partial charge in [0.1, 0.15) is 5.37 Å². The molecule has 1 aliphatic heterocycles. The Hall–Kier alpha value is -1.48. The van der Waals surface area contributed by atoms with E-state index < -0.39 is 0 Å². The van der Waals surface area contributed by atoms with Gasteiger partial charge in [-0.25, -0.2) is 0 Å². The summed E-state index contributed by atoms with van der Waals surface area (Å²) in [6, 6.07) is 12.6. The van der Waals surface area contributed by atoms with Crippen LogP contribution < -0.4 is 0 Å². The second kappa shape index (κ2) is 4.89. The van der Waals surface area contributed by atoms with Crippen molar-refractivity contribution in [3.8, 4) is 0 Å². The molecule has 0 amide bonds. The summed E-state index contributed by atoms with van der Waals surface area (Å²) < 4.78 is 2.32. The Morgan fingerprint density at radius 3 is 2.79 bits per heavy atom. The van der Waals surface area contributed by atoms with Gasteiger partial charge in [0.2, 0.25) is 0 Å². The summed E-state index contributed by atoms with van der Waals surface area (Å²) in [6.45, 7) is 4.02. The van der Waals surface area contributed by atoms with Crippen molar-refractivity contribution in [3.05, 3.63) is 58.9 Å². The first-order valence-corrected chi connectivity index (χ1v) is 7.67. The van der Waals surface area contributed by atoms with E-state index in [-0.39, 0.29) is 5.78 Å². The van der Waals surface area contributed by atoms with Crippen LogP contribution in [0.1, 0.15) is 46.0 Å². The highest BCUT2D eigenvalue weighted by Crippen LogP contribution is 2.43. The highest BCUT2D eigenvalue weighted by Gasteiger charge is 2.29. The Kier molecular flexibility index (Phi) is 3.23. The van der Waals surface area contributed by atoms with Gasteiger partial charge in [-0.2, -0.15) is 0 Å². The van der Waals surface area contributed by atoms with Gasteiger partial charge in [0.25, 0.3) is 0 Å². The van der Waals surface area contributed by atoms with Gasteiger partial charge in [-0.15, -0.1) is 11.8 Å². The number of hydrogen-bond acceptors (Lipinski definition) is 2. The summed E-state index contributed by atoms with van der Waals surface area (Å²) >= 11 is 1.90. The highest BCUT2D eigenvalue weighted by molar-refractivity contribution is 7.99. The number of thioether (sulfide) groups is 1. The fourth-order valence-corrected chi connectivity index (χ4v) is 4.11. The summed E-state index contributed by atoms with van der Waals surface area (Å²) in [6.07, 6.45) is 0.580. The molecule has 98 valence electrons. The van der Waals surface area contributed by atoms with Crippen LogP contribution in [0.25, 0.3) is 0 Å². The van der Waals surface area contributed by atoms with Crippen molar-refractivity contribution in [1.82, 2.24) is 4.57 Å². The molecule has 3 heteroatoms. The lowest BCUT2D eigenvalue weighted by Crippen LogP contribution is -2.05. The smallest absolute Gasteiger partial charge is 0.164 e. The first kappa shape index (κ1) is 12.5. The highest BCUT2D eigenvalue weighted by atomic mass is 32.2. The van der Waals surface area contributed by atoms with Crippen LogP contribution in [0.15, 0.2) is 36.4 Å². The summed E-state index contributed by atoms with van der Waals surface area (Å²) in [4.78, 5) is 12.0. The van der Waals surface area contributed by atoms with E-state index in [4.69, 9.17) is 0 Å². The molecule has 1 aromatic heterocycles. The van der Waals surface area contributed by atoms with Gasteiger partial charge in [0.05, 0.1) is 0 Å². The lowest BCUT2D eigenvalue weighted by Gasteiger charge is -2.15. The molecule has 3 rings (SSSR count). The summed E-state index contributed by atoms with van der Waals surface area (Å²) in [7, 11) is 0. The fourth-order valence-electron chi connectivity index (χ4n) is 2.71. The largest absolute Gasteiger partial charge is 0.331 e. The number of aryl methyl sites for hydroxylation is 1. The maximum Gasteiger partial charge on any atom is 0.164 e. The molecular weight excluding hydrogens is 254 g/mol. The van der Waals surface area contributed by atoms with Crippen molar-refractivity contribution >= 4 is 17.5 Å². The Balaban J connectivity index is 2.06. The van der Waals surface area contributed by atoms with Crippen LogP contribution in [0.3, 0.4) is 0 Å². The van der Waals surface area contributed by atoms with Crippen LogP contribution in [0.2, 0.25) is 0 Å². The van der Waals surface area contributed by atoms with Crippen LogP contribution in [0.5, 0.6) is 0 Å². The molecule has 0 N–H and O–H groups in total. The van der Waals surface area contributed by atoms with E-state index in [1.807, 2.05) is 24.8 Å². The molecule has 1 aliphatic rings. The van der Waals surface area contributed by atoms with Crippen molar-refractivity contribution < 1.29 is 4.79 Å². The second-order valence-corrected chi connectivity index (χ2v) is 5.94. The van der Waals surface area contributed by atoms with Gasteiger partial charge in [0, 0.05) is 29.1 Å². The molecule has 19 heavy (non-hydrogen) atoms. The predicted octanol–water partition coefficient (Wildman–Crippen LogP) is 4.18. The quantitative estimate of drug-likeness (QED) is 0.781. The Bertz CT molecular complexity index is 615. The average molecular weight is 271 g/mol. The molecule has 0 bridgehead atoms. The maximum absolute atomic E-state index is 12.0. The van der Waals surface area contributed by atoms with Crippen molar-refractivity contribution in [2.75, 3.05) is 0 Å². The van der Waals surface area contributed by atoms with Crippen LogP contribution in [0, 0.1) is 6.92 Å². The summed E-state index contributed by atoms with van der Waals surface area (Å²) in [5.41, 5.74) is 4.61. The molecule has 0 spiro atoms. The zero-order valence-electron chi connectivity index (χ0n) is 11.2. The van der Waals surface area contributed by atoms with Gasteiger partial charge >= 0.3 is 0 Å². The topological polar surface area (TPSA) is 22.0 Å². The number of rotatable bonds is 3. The fraction of sp³-hybridized carbons (Fsp3) is 0.312. The number of carbonyl (C=O) groups excluding carboxylic acids is 1. The standard InChI is InChI=1S/C16H17NOS/c1-3-15(18)13-9-11(2)17-14(13)10-19-16(17)12-7-5-4-6-8-12/h4-9,16H,3,10H2,1-2H3/t16-/m1/s1. The van der Waals surface area contributed by atoms with E-state index >= 15 is 0 Å². The number of ketones is 1. The van der Waals surface area contributed by atoms with Gasteiger partial charge in [0.15, 0.2) is 5.78 Å². The molecule has 0 aliphatic carbocycles. The molecular formula is C16H17NOS. The Morgan fingerprint density at radius 2 is 2.11 bits per heavy atom. The molecule has 0 saturated heterocycles. The van der Waals surface area contributed by atoms with Crippen LogP contribution in [-0.4, -0.2) is 10.4 Å². The lowest BCUT2D eigenvalue weighted by atomic mass is 10.1. The van der Waals surface area contributed by atoms with E-state index in [0.29, 0.717) is 11.8 Å². The number of Topliss-reactive ketones (excluding diaryl/α,β-unsaturated/α-hetero) is 1. The number of hydrogen-bond donors (Lipinski definition) is 0. The van der Waals surface area contributed by atoms with Crippen molar-refractivity contribution in [2.45, 2.75) is 31.4 Å². The Labute approximate surface area is 117 Å². The molecule has 2 aromatic rings. The number of carbonyl (C=O) groups is 1. The van der Waals surface area contributed by atoms with E-state index in [9.17, 15) is 4.79 Å². The van der Waals surface area contributed by atoms with Gasteiger partial charge < -0.3 is 4.57 Å². The van der Waals surface area contributed by atoms with Gasteiger partial charge in [-0.05, 0) is 18.6 Å². The van der Waals surface area contributed by atoms with Crippen LogP contribution >= 0.6 is 11.8 Å². The normalized spacial score (nSPS) is 17.5. The number of nitrogens with zero attached hydrogens (tertiary/aromatic N) is 1. The van der Waals surface area contributed by atoms with Gasteiger partial charge in [-0.1, -0.05) is 37.3 Å². The van der Waals surface area contributed by atoms with E-state index in [0.717, 1.165) is 11.3 Å². The molecule has 0 unspecified atom stereocenters. The summed E-state index contributed by atoms with van der Waals surface area (Å²) in [5.74, 6) is 1.18. The molecule has 0 radical (unpaired) electrons. The number of fused-ring (bicyclic) bond motifs is 1. The zero-order chi connectivity index (χ0) is 13.4. The molecule has 2 heterocycles. The van der Waals surface area contributed by atoms with E-state index in [1.165, 1.54) is 17.0 Å². The van der Waals surface area contributed by atoms with E-state index in [2.05, 4.69) is 41.8 Å². The van der Waals surface area contributed by atoms with E-state index in [1.54, 1.807) is 0 Å². The minimum absolute atomic E-state index is 0.256. The third-order valence-electron chi connectivity index (χ3n) is 3.65. The molecule has 1 atom stereocenters. The van der Waals surface area contributed by atoms with Crippen LogP contribution in [0.4, 0.5) is 0 Å². The Morgan fingerprint density at radius 1 is 1.37 bits per heavy atom. The molecule has 1 aromatic carbocycles. The zero-order valence-corrected chi connectivity index (χ0v) is 12.0. The lowest BCUT2D eigenvalue weighted by molar-refractivity contribution is 0.0987. The van der Waals surface area contributed by atoms with Gasteiger partial charge in [-0.3, -0.25) is 4.79 Å². The minimum atomic E-state index is 0.256. The first-order chi connectivity index (χ1) is 9.22. The first-order valence-electron chi connectivity index (χ1n) is 6.62. The van der Waals surface area contributed by atoms with Crippen molar-refractivity contribution in [1.29, 1.82) is 0 Å². The van der Waals surface area contributed by atoms with Crippen molar-refractivity contribution in [3.63, 3.8) is 0 Å². The average Bonchev–Trinajstić information content (AvgIpc) is 3.01. The second-order valence-electron chi connectivity index (χ2n) is 4.87. The molecule has 0 saturated carbocycles. The number of aromatic nitrogens is 1. The number of benzene rings is 1. The monoisotopic (exact) mass is 271 g/mol. The third kappa shape index (κ3) is 2.02. The molecule has 0 fully saturated rings.